The van der Waals surface area contributed by atoms with Crippen LogP contribution in [0.25, 0.3) is 0 Å². The number of aryl methyl sites for hydroxylation is 2. The highest BCUT2D eigenvalue weighted by Crippen LogP contribution is 2.22. The molecule has 2 amide bonds. The third kappa shape index (κ3) is 7.82. The molecule has 3 rings (SSSR count). The molecule has 2 N–H and O–H groups in total. The number of nitrogens with zero attached hydrogens (tertiary/aromatic N) is 1. The molecule has 2 aromatic rings. The van der Waals surface area contributed by atoms with Crippen LogP contribution in [-0.4, -0.2) is 37.3 Å². The molecule has 0 fully saturated rings. The summed E-state index contributed by atoms with van der Waals surface area (Å²) >= 11 is 0. The van der Waals surface area contributed by atoms with Crippen molar-refractivity contribution in [1.29, 1.82) is 0 Å². The van der Waals surface area contributed by atoms with Gasteiger partial charge in [-0.3, -0.25) is 14.4 Å². The van der Waals surface area contributed by atoms with E-state index in [1.807, 2.05) is 20.6 Å². The van der Waals surface area contributed by atoms with Crippen LogP contribution in [0.4, 0.5) is 0 Å². The van der Waals surface area contributed by atoms with Crippen LogP contribution in [0.3, 0.4) is 0 Å². The highest BCUT2D eigenvalue weighted by molar-refractivity contribution is 6.20. The van der Waals surface area contributed by atoms with Crippen molar-refractivity contribution in [2.45, 2.75) is 34.6 Å². The number of imide groups is 1. The van der Waals surface area contributed by atoms with Gasteiger partial charge in [-0.1, -0.05) is 50.2 Å². The third-order valence-electron chi connectivity index (χ3n) is 3.44. The van der Waals surface area contributed by atoms with Crippen LogP contribution in [0.15, 0.2) is 48.5 Å². The molecule has 0 saturated carbocycles. The van der Waals surface area contributed by atoms with Gasteiger partial charge in [0.15, 0.2) is 0 Å². The molecule has 6 nitrogen and oxygen atoms in total. The van der Waals surface area contributed by atoms with E-state index in [9.17, 15) is 9.59 Å². The zero-order valence-corrected chi connectivity index (χ0v) is 17.7. The van der Waals surface area contributed by atoms with Gasteiger partial charge < -0.3 is 10.5 Å². The van der Waals surface area contributed by atoms with E-state index in [4.69, 9.17) is 9.63 Å². The lowest BCUT2D eigenvalue weighted by atomic mass is 10.1. The summed E-state index contributed by atoms with van der Waals surface area (Å²) in [6, 6.07) is 15.0. The third-order valence-corrected chi connectivity index (χ3v) is 3.44. The Labute approximate surface area is 168 Å². The van der Waals surface area contributed by atoms with Crippen LogP contribution in [0, 0.1) is 13.8 Å². The van der Waals surface area contributed by atoms with E-state index in [1.54, 1.807) is 31.2 Å². The van der Waals surface area contributed by atoms with Gasteiger partial charge in [-0.2, -0.15) is 0 Å². The number of carbonyl (C=O) groups excluding carboxylic acids is 3. The fourth-order valence-corrected chi connectivity index (χ4v) is 2.08. The molecular formula is C22H32N2O4. The molecular weight excluding hydrogens is 356 g/mol. The lowest BCUT2D eigenvalue weighted by Crippen LogP contribution is -2.29. The maximum atomic E-state index is 11.6. The molecule has 0 saturated heterocycles. The lowest BCUT2D eigenvalue weighted by molar-refractivity contribution is -0.0980. The molecule has 0 radical (unpaired) electrons. The van der Waals surface area contributed by atoms with Gasteiger partial charge in [-0.05, 0) is 51.1 Å². The molecule has 0 atom stereocenters. The van der Waals surface area contributed by atoms with Crippen LogP contribution in [0.5, 0.6) is 0 Å². The first kappa shape index (κ1) is 27.4. The summed E-state index contributed by atoms with van der Waals surface area (Å²) in [5, 5.41) is 0.810. The van der Waals surface area contributed by atoms with Crippen LogP contribution in [0.1, 0.15) is 52.6 Å². The van der Waals surface area contributed by atoms with E-state index in [0.29, 0.717) is 17.7 Å². The molecule has 0 bridgehead atoms. The Kier molecular flexibility index (Phi) is 16.0. The Morgan fingerprint density at radius 1 is 0.821 bits per heavy atom. The summed E-state index contributed by atoms with van der Waals surface area (Å²) in [6.07, 6.45) is 0. The van der Waals surface area contributed by atoms with Gasteiger partial charge in [0.1, 0.15) is 6.79 Å². The van der Waals surface area contributed by atoms with E-state index in [1.165, 1.54) is 18.2 Å². The van der Waals surface area contributed by atoms with Crippen LogP contribution < -0.4 is 5.73 Å². The van der Waals surface area contributed by atoms with Gasteiger partial charge in [0, 0.05) is 0 Å². The average molecular weight is 389 g/mol. The Hall–Kier alpha value is -2.83. The van der Waals surface area contributed by atoms with Crippen molar-refractivity contribution in [3.8, 4) is 0 Å². The molecule has 0 aromatic heterocycles. The predicted octanol–water partition coefficient (Wildman–Crippen LogP) is 3.95. The van der Waals surface area contributed by atoms with Crippen molar-refractivity contribution in [1.82, 2.24) is 5.06 Å². The molecule has 2 aromatic carbocycles. The molecule has 154 valence electrons. The highest BCUT2D eigenvalue weighted by atomic mass is 16.7. The maximum absolute atomic E-state index is 11.6. The second-order valence-corrected chi connectivity index (χ2v) is 4.95. The number of hydrogen-bond donors (Lipinski definition) is 1. The van der Waals surface area contributed by atoms with Gasteiger partial charge >= 0.3 is 0 Å². The largest absolute Gasteiger partial charge is 0.333 e. The van der Waals surface area contributed by atoms with E-state index >= 15 is 0 Å². The summed E-state index contributed by atoms with van der Waals surface area (Å²) in [7, 11) is 1.50. The lowest BCUT2D eigenvalue weighted by Gasteiger charge is -2.10. The molecule has 0 aliphatic carbocycles. The molecule has 1 aliphatic heterocycles. The number of amides is 2. The highest BCUT2D eigenvalue weighted by Gasteiger charge is 2.36. The SMILES string of the molecule is C=O.CC.CCON1C(=O)c2ccccc2C1=O.CN.Cc1ccccc1C. The maximum Gasteiger partial charge on any atom is 0.285 e. The quantitative estimate of drug-likeness (QED) is 0.787. The number of carbonyl (C=O) groups is 3. The molecule has 0 unspecified atom stereocenters. The van der Waals surface area contributed by atoms with Gasteiger partial charge in [-0.25, -0.2) is 0 Å². The number of fused-ring (bicyclic) bond motifs is 1. The second-order valence-electron chi connectivity index (χ2n) is 4.95. The molecule has 6 heteroatoms. The van der Waals surface area contributed by atoms with Gasteiger partial charge in [0.2, 0.25) is 0 Å². The second kappa shape index (κ2) is 16.4. The first-order chi connectivity index (χ1) is 13.6. The minimum absolute atomic E-state index is 0.297. The van der Waals surface area contributed by atoms with Gasteiger partial charge in [0.25, 0.3) is 11.8 Å². The van der Waals surface area contributed by atoms with Gasteiger partial charge in [-0.15, -0.1) is 5.06 Å². The van der Waals surface area contributed by atoms with E-state index in [2.05, 4.69) is 43.8 Å². The van der Waals surface area contributed by atoms with Crippen molar-refractivity contribution in [3.63, 3.8) is 0 Å². The number of rotatable bonds is 2. The smallest absolute Gasteiger partial charge is 0.285 e. The van der Waals surface area contributed by atoms with Crippen molar-refractivity contribution in [2.24, 2.45) is 5.73 Å². The number of benzene rings is 2. The first-order valence-corrected chi connectivity index (χ1v) is 9.05. The van der Waals surface area contributed by atoms with Crippen molar-refractivity contribution < 1.29 is 19.2 Å². The Morgan fingerprint density at radius 2 is 1.14 bits per heavy atom. The molecule has 28 heavy (non-hydrogen) atoms. The number of hydrogen-bond acceptors (Lipinski definition) is 5. The fourth-order valence-electron chi connectivity index (χ4n) is 2.08. The summed E-state index contributed by atoms with van der Waals surface area (Å²) in [5.41, 5.74) is 8.05. The number of hydroxylamine groups is 2. The molecule has 1 heterocycles. The Bertz CT molecular complexity index is 661. The Morgan fingerprint density at radius 3 is 1.43 bits per heavy atom. The van der Waals surface area contributed by atoms with Crippen molar-refractivity contribution in [3.05, 3.63) is 70.8 Å². The number of nitrogens with two attached hydrogens (primary N) is 1. The zero-order valence-electron chi connectivity index (χ0n) is 17.7. The van der Waals surface area contributed by atoms with E-state index in [-0.39, 0.29) is 11.8 Å². The molecule has 0 spiro atoms. The topological polar surface area (TPSA) is 89.7 Å². The normalized spacial score (nSPS) is 10.6. The Balaban J connectivity index is 0. The average Bonchev–Trinajstić information content (AvgIpc) is 3.01. The summed E-state index contributed by atoms with van der Waals surface area (Å²) in [5.74, 6) is -0.764. The molecule has 1 aliphatic rings. The summed E-state index contributed by atoms with van der Waals surface area (Å²) in [4.78, 5) is 36.1. The van der Waals surface area contributed by atoms with Crippen LogP contribution >= 0.6 is 0 Å². The zero-order chi connectivity index (χ0) is 22.1. The van der Waals surface area contributed by atoms with E-state index < -0.39 is 0 Å². The van der Waals surface area contributed by atoms with Crippen LogP contribution in [0.2, 0.25) is 0 Å². The van der Waals surface area contributed by atoms with Gasteiger partial charge in [0.05, 0.1) is 17.7 Å². The monoisotopic (exact) mass is 388 g/mol. The summed E-state index contributed by atoms with van der Waals surface area (Å²) < 4.78 is 0. The summed E-state index contributed by atoms with van der Waals surface area (Å²) in [6.45, 7) is 12.3. The van der Waals surface area contributed by atoms with E-state index in [0.717, 1.165) is 5.06 Å². The van der Waals surface area contributed by atoms with Crippen LogP contribution in [-0.2, 0) is 9.63 Å². The van der Waals surface area contributed by atoms with Crippen molar-refractivity contribution >= 4 is 18.6 Å². The first-order valence-electron chi connectivity index (χ1n) is 9.05. The fraction of sp³-hybridized carbons (Fsp3) is 0.318. The minimum Gasteiger partial charge on any atom is -0.333 e. The van der Waals surface area contributed by atoms with Crippen molar-refractivity contribution in [2.75, 3.05) is 13.7 Å². The minimum atomic E-state index is -0.382. The predicted molar refractivity (Wildman–Crippen MR) is 113 cm³/mol. The standard InChI is InChI=1S/C10H9NO3.C8H10.C2H6.CH5N.CH2O/c1-2-14-11-9(12)7-5-3-4-6-8(7)10(11)13;1-7-5-3-4-6-8(7)2;3*1-2/h3-6H,2H2,1H3;3-6H,1-2H3;1-2H3;2H2,1H3;1H2.